The van der Waals surface area contributed by atoms with Crippen molar-refractivity contribution in [1.29, 1.82) is 0 Å². The van der Waals surface area contributed by atoms with E-state index >= 15 is 0 Å². The number of carbonyl (C=O) groups excluding carboxylic acids is 2. The van der Waals surface area contributed by atoms with Gasteiger partial charge in [-0.2, -0.15) is 0 Å². The molecule has 0 spiro atoms. The maximum Gasteiger partial charge on any atom is 0.248 e. The number of thiophene rings is 2. The number of rotatable bonds is 6. The van der Waals surface area contributed by atoms with Crippen LogP contribution in [0.4, 0.5) is 11.4 Å². The third-order valence-corrected chi connectivity index (χ3v) is 4.96. The van der Waals surface area contributed by atoms with E-state index in [0.717, 1.165) is 9.75 Å². The lowest BCUT2D eigenvalue weighted by Gasteiger charge is -2.06. The topological polar surface area (TPSA) is 58.2 Å². The highest BCUT2D eigenvalue weighted by Crippen LogP contribution is 2.16. The van der Waals surface area contributed by atoms with Crippen molar-refractivity contribution in [2.75, 3.05) is 10.6 Å². The molecule has 26 heavy (non-hydrogen) atoms. The highest BCUT2D eigenvalue weighted by atomic mass is 32.1. The molecule has 0 unspecified atom stereocenters. The molecule has 2 heterocycles. The second-order valence-electron chi connectivity index (χ2n) is 5.26. The van der Waals surface area contributed by atoms with Crippen LogP contribution in [0.25, 0.3) is 12.2 Å². The van der Waals surface area contributed by atoms with E-state index in [1.807, 2.05) is 35.0 Å². The number of anilines is 2. The zero-order chi connectivity index (χ0) is 18.2. The molecule has 3 rings (SSSR count). The second kappa shape index (κ2) is 8.94. The maximum atomic E-state index is 12.0. The van der Waals surface area contributed by atoms with Crippen LogP contribution >= 0.6 is 22.7 Å². The van der Waals surface area contributed by atoms with Crippen LogP contribution in [0, 0.1) is 0 Å². The zero-order valence-electron chi connectivity index (χ0n) is 13.7. The molecule has 6 heteroatoms. The normalized spacial score (nSPS) is 11.1. The van der Waals surface area contributed by atoms with Crippen molar-refractivity contribution in [3.05, 3.63) is 81.2 Å². The zero-order valence-corrected chi connectivity index (χ0v) is 15.3. The Morgan fingerprint density at radius 2 is 1.23 bits per heavy atom. The summed E-state index contributed by atoms with van der Waals surface area (Å²) in [5, 5.41) is 9.48. The van der Waals surface area contributed by atoms with Crippen LogP contribution in [0.3, 0.4) is 0 Å². The van der Waals surface area contributed by atoms with Gasteiger partial charge in [0.2, 0.25) is 11.8 Å². The second-order valence-corrected chi connectivity index (χ2v) is 7.22. The van der Waals surface area contributed by atoms with E-state index in [1.165, 1.54) is 12.2 Å². The lowest BCUT2D eigenvalue weighted by Crippen LogP contribution is -2.10. The molecular formula is C20H16N2O2S2. The molecule has 0 saturated carbocycles. The molecule has 0 atom stereocenters. The van der Waals surface area contributed by atoms with Crippen LogP contribution in [0.5, 0.6) is 0 Å². The Kier molecular flexibility index (Phi) is 6.14. The molecule has 0 bridgehead atoms. The first-order valence-corrected chi connectivity index (χ1v) is 9.60. The minimum Gasteiger partial charge on any atom is -0.322 e. The van der Waals surface area contributed by atoms with Gasteiger partial charge in [-0.15, -0.1) is 22.7 Å². The summed E-state index contributed by atoms with van der Waals surface area (Å²) in [6.07, 6.45) is 6.50. The molecule has 0 aliphatic rings. The van der Waals surface area contributed by atoms with Gasteiger partial charge in [0.25, 0.3) is 0 Å². The van der Waals surface area contributed by atoms with E-state index in [4.69, 9.17) is 0 Å². The summed E-state index contributed by atoms with van der Waals surface area (Å²) in [6, 6.07) is 14.8. The van der Waals surface area contributed by atoms with Crippen LogP contribution < -0.4 is 10.6 Å². The largest absolute Gasteiger partial charge is 0.322 e. The van der Waals surface area contributed by atoms with Gasteiger partial charge in [0.1, 0.15) is 0 Å². The monoisotopic (exact) mass is 380 g/mol. The Labute approximate surface area is 159 Å². The van der Waals surface area contributed by atoms with Gasteiger partial charge >= 0.3 is 0 Å². The van der Waals surface area contributed by atoms with Crippen molar-refractivity contribution in [1.82, 2.24) is 0 Å². The first-order valence-electron chi connectivity index (χ1n) is 7.84. The van der Waals surface area contributed by atoms with Crippen molar-refractivity contribution in [2.24, 2.45) is 0 Å². The van der Waals surface area contributed by atoms with E-state index in [2.05, 4.69) is 10.6 Å². The first kappa shape index (κ1) is 17.8. The SMILES string of the molecule is O=C(/C=C/c1cccs1)Nc1cccc(NC(=O)/C=C/c2cccs2)c1. The molecule has 2 aromatic heterocycles. The average Bonchev–Trinajstić information content (AvgIpc) is 3.32. The predicted octanol–water partition coefficient (Wildman–Crippen LogP) is 5.11. The molecule has 0 radical (unpaired) electrons. The van der Waals surface area contributed by atoms with Gasteiger partial charge in [0, 0.05) is 33.3 Å². The fourth-order valence-corrected chi connectivity index (χ4v) is 3.37. The number of hydrogen-bond acceptors (Lipinski definition) is 4. The molecule has 130 valence electrons. The molecule has 0 fully saturated rings. The number of nitrogens with one attached hydrogen (secondary N) is 2. The van der Waals surface area contributed by atoms with Crippen LogP contribution in [0.15, 0.2) is 71.4 Å². The van der Waals surface area contributed by atoms with Gasteiger partial charge in [-0.3, -0.25) is 9.59 Å². The number of benzene rings is 1. The summed E-state index contributed by atoms with van der Waals surface area (Å²) in [4.78, 5) is 26.0. The third kappa shape index (κ3) is 5.54. The Hall–Kier alpha value is -2.96. The smallest absolute Gasteiger partial charge is 0.248 e. The van der Waals surface area contributed by atoms with Gasteiger partial charge in [-0.25, -0.2) is 0 Å². The Balaban J connectivity index is 1.57. The van der Waals surface area contributed by atoms with E-state index in [-0.39, 0.29) is 11.8 Å². The van der Waals surface area contributed by atoms with Crippen molar-refractivity contribution < 1.29 is 9.59 Å². The van der Waals surface area contributed by atoms with Gasteiger partial charge in [0.15, 0.2) is 0 Å². The van der Waals surface area contributed by atoms with E-state index in [1.54, 1.807) is 59.1 Å². The van der Waals surface area contributed by atoms with Gasteiger partial charge < -0.3 is 10.6 Å². The molecule has 2 amide bonds. The fraction of sp³-hybridized carbons (Fsp3) is 0. The lowest BCUT2D eigenvalue weighted by molar-refractivity contribution is -0.112. The minimum atomic E-state index is -0.223. The molecule has 0 aliphatic carbocycles. The third-order valence-electron chi connectivity index (χ3n) is 3.28. The number of amides is 2. The Bertz CT molecular complexity index is 853. The van der Waals surface area contributed by atoms with Gasteiger partial charge in [-0.05, 0) is 53.2 Å². The molecule has 2 N–H and O–H groups in total. The van der Waals surface area contributed by atoms with Crippen LogP contribution in [0.2, 0.25) is 0 Å². The first-order chi connectivity index (χ1) is 12.7. The van der Waals surface area contributed by atoms with Gasteiger partial charge in [-0.1, -0.05) is 18.2 Å². The highest BCUT2D eigenvalue weighted by molar-refractivity contribution is 7.11. The molecule has 1 aromatic carbocycles. The lowest BCUT2D eigenvalue weighted by atomic mass is 10.2. The molecular weight excluding hydrogens is 364 g/mol. The molecule has 0 aliphatic heterocycles. The van der Waals surface area contributed by atoms with Crippen LogP contribution in [-0.2, 0) is 9.59 Å². The summed E-state index contributed by atoms with van der Waals surface area (Å²) in [6.45, 7) is 0. The van der Waals surface area contributed by atoms with Crippen LogP contribution in [-0.4, -0.2) is 11.8 Å². The van der Waals surface area contributed by atoms with Crippen molar-refractivity contribution >= 4 is 58.0 Å². The number of hydrogen-bond donors (Lipinski definition) is 2. The molecule has 4 nitrogen and oxygen atoms in total. The summed E-state index contributed by atoms with van der Waals surface area (Å²) >= 11 is 3.13. The quantitative estimate of drug-likeness (QED) is 0.584. The van der Waals surface area contributed by atoms with Crippen molar-refractivity contribution in [3.8, 4) is 0 Å². The van der Waals surface area contributed by atoms with E-state index < -0.39 is 0 Å². The average molecular weight is 380 g/mol. The van der Waals surface area contributed by atoms with Crippen LogP contribution in [0.1, 0.15) is 9.75 Å². The predicted molar refractivity (Wildman–Crippen MR) is 110 cm³/mol. The van der Waals surface area contributed by atoms with Crippen molar-refractivity contribution in [3.63, 3.8) is 0 Å². The summed E-state index contributed by atoms with van der Waals surface area (Å²) < 4.78 is 0. The highest BCUT2D eigenvalue weighted by Gasteiger charge is 2.02. The van der Waals surface area contributed by atoms with E-state index in [0.29, 0.717) is 11.4 Å². The molecule has 0 saturated heterocycles. The standard InChI is InChI=1S/C20H16N2O2S2/c23-19(10-8-17-6-2-12-25-17)21-15-4-1-5-16(14-15)22-20(24)11-9-18-7-3-13-26-18/h1-14H,(H,21,23)(H,22,24)/b10-8+,11-9+. The summed E-state index contributed by atoms with van der Waals surface area (Å²) in [7, 11) is 0. The Morgan fingerprint density at radius 3 is 1.65 bits per heavy atom. The van der Waals surface area contributed by atoms with Gasteiger partial charge in [0.05, 0.1) is 0 Å². The summed E-state index contributed by atoms with van der Waals surface area (Å²) in [5.41, 5.74) is 1.23. The van der Waals surface area contributed by atoms with Crippen molar-refractivity contribution in [2.45, 2.75) is 0 Å². The number of carbonyl (C=O) groups is 2. The Morgan fingerprint density at radius 1 is 0.731 bits per heavy atom. The minimum absolute atomic E-state index is 0.223. The summed E-state index contributed by atoms with van der Waals surface area (Å²) in [5.74, 6) is -0.445. The maximum absolute atomic E-state index is 12.0. The van der Waals surface area contributed by atoms with E-state index in [9.17, 15) is 9.59 Å². The molecule has 3 aromatic rings. The fourth-order valence-electron chi connectivity index (χ4n) is 2.13.